The lowest BCUT2D eigenvalue weighted by Gasteiger charge is -2.10. The van der Waals surface area contributed by atoms with Crippen LogP contribution in [-0.2, 0) is 22.9 Å². The average Bonchev–Trinajstić information content (AvgIpc) is 2.80. The molecule has 6 nitrogen and oxygen atoms in total. The molecule has 1 amide bonds. The van der Waals surface area contributed by atoms with Crippen molar-refractivity contribution in [2.24, 2.45) is 0 Å². The van der Waals surface area contributed by atoms with Gasteiger partial charge in [0.2, 0.25) is 0 Å². The summed E-state index contributed by atoms with van der Waals surface area (Å²) in [5.41, 5.74) is 3.16. The van der Waals surface area contributed by atoms with Crippen LogP contribution in [0.2, 0.25) is 0 Å². The molecule has 1 aromatic heterocycles. The minimum absolute atomic E-state index is 0.215. The fourth-order valence-corrected chi connectivity index (χ4v) is 4.20. The lowest BCUT2D eigenvalue weighted by molar-refractivity contribution is 0.0951. The van der Waals surface area contributed by atoms with Gasteiger partial charge in [-0.25, -0.2) is 8.42 Å². The third-order valence-corrected chi connectivity index (χ3v) is 6.65. The Morgan fingerprint density at radius 1 is 0.909 bits per heavy atom. The van der Waals surface area contributed by atoms with Gasteiger partial charge >= 0.3 is 0 Å². The van der Waals surface area contributed by atoms with Gasteiger partial charge in [-0.3, -0.25) is 9.59 Å². The van der Waals surface area contributed by atoms with Crippen molar-refractivity contribution in [3.63, 3.8) is 0 Å². The van der Waals surface area contributed by atoms with Crippen molar-refractivity contribution in [3.05, 3.63) is 112 Å². The molecule has 4 rings (SSSR count). The normalized spacial score (nSPS) is 11.5. The van der Waals surface area contributed by atoms with Gasteiger partial charge < -0.3 is 9.88 Å². The molecule has 33 heavy (non-hydrogen) atoms. The maximum absolute atomic E-state index is 13.1. The third-order valence-electron chi connectivity index (χ3n) is 5.52. The highest BCUT2D eigenvalue weighted by molar-refractivity contribution is 7.90. The van der Waals surface area contributed by atoms with Crippen LogP contribution in [-0.4, -0.2) is 25.1 Å². The summed E-state index contributed by atoms with van der Waals surface area (Å²) in [7, 11) is -3.27. The number of nitrogens with one attached hydrogen (secondary N) is 1. The molecule has 0 radical (unpaired) electrons. The number of rotatable bonds is 6. The van der Waals surface area contributed by atoms with E-state index in [-0.39, 0.29) is 16.4 Å². The summed E-state index contributed by atoms with van der Waals surface area (Å²) in [4.78, 5) is 26.0. The fourth-order valence-electron chi connectivity index (χ4n) is 3.57. The van der Waals surface area contributed by atoms with Gasteiger partial charge in [0.25, 0.3) is 11.5 Å². The topological polar surface area (TPSA) is 85.2 Å². The maximum atomic E-state index is 13.1. The Labute approximate surface area is 192 Å². The number of pyridine rings is 1. The maximum Gasteiger partial charge on any atom is 0.258 e. The standard InChI is InChI=1S/C26H24N2O4S/c1-18-3-5-19(6-4-18)16-27-25(29)22-10-9-21-13-14-28(26(30)24(21)15-22)17-20-7-11-23(12-8-20)33(2,31)32/h3-15H,16-17H2,1-2H3,(H,27,29). The Morgan fingerprint density at radius 2 is 1.58 bits per heavy atom. The summed E-state index contributed by atoms with van der Waals surface area (Å²) in [6.45, 7) is 2.71. The van der Waals surface area contributed by atoms with E-state index in [1.54, 1.807) is 41.1 Å². The van der Waals surface area contributed by atoms with E-state index in [1.165, 1.54) is 12.1 Å². The highest BCUT2D eigenvalue weighted by Crippen LogP contribution is 2.15. The minimum atomic E-state index is -3.27. The van der Waals surface area contributed by atoms with Gasteiger partial charge in [0.15, 0.2) is 9.84 Å². The van der Waals surface area contributed by atoms with Crippen LogP contribution in [0.3, 0.4) is 0 Å². The van der Waals surface area contributed by atoms with E-state index in [4.69, 9.17) is 0 Å². The number of sulfone groups is 1. The van der Waals surface area contributed by atoms with Crippen LogP contribution in [0, 0.1) is 6.92 Å². The Morgan fingerprint density at radius 3 is 2.24 bits per heavy atom. The molecule has 1 heterocycles. The zero-order valence-corrected chi connectivity index (χ0v) is 19.2. The molecular formula is C26H24N2O4S. The summed E-state index contributed by atoms with van der Waals surface area (Å²) in [5.74, 6) is -0.247. The molecule has 3 aromatic carbocycles. The first-order valence-electron chi connectivity index (χ1n) is 10.5. The van der Waals surface area contributed by atoms with Crippen LogP contribution in [0.4, 0.5) is 0 Å². The van der Waals surface area contributed by atoms with Crippen LogP contribution in [0.25, 0.3) is 10.8 Å². The molecule has 0 saturated carbocycles. The third kappa shape index (κ3) is 5.21. The van der Waals surface area contributed by atoms with Crippen LogP contribution in [0.15, 0.2) is 88.7 Å². The van der Waals surface area contributed by atoms with Crippen molar-refractivity contribution in [1.29, 1.82) is 0 Å². The second kappa shape index (κ2) is 9.03. The van der Waals surface area contributed by atoms with Gasteiger partial charge in [-0.05, 0) is 53.8 Å². The van der Waals surface area contributed by atoms with Crippen LogP contribution in [0.1, 0.15) is 27.0 Å². The number of carbonyl (C=O) groups excluding carboxylic acids is 1. The number of fused-ring (bicyclic) bond motifs is 1. The number of carbonyl (C=O) groups is 1. The van der Waals surface area contributed by atoms with E-state index in [1.807, 2.05) is 37.3 Å². The van der Waals surface area contributed by atoms with Gasteiger partial charge in [-0.2, -0.15) is 0 Å². The highest BCUT2D eigenvalue weighted by atomic mass is 32.2. The fraction of sp³-hybridized carbons (Fsp3) is 0.154. The SMILES string of the molecule is Cc1ccc(CNC(=O)c2ccc3ccn(Cc4ccc(S(C)(=O)=O)cc4)c(=O)c3c2)cc1. The number of aromatic nitrogens is 1. The smallest absolute Gasteiger partial charge is 0.258 e. The van der Waals surface area contributed by atoms with Crippen molar-refractivity contribution in [2.45, 2.75) is 24.9 Å². The Bertz CT molecular complexity index is 1490. The first-order chi connectivity index (χ1) is 15.7. The predicted molar refractivity (Wildman–Crippen MR) is 129 cm³/mol. The van der Waals surface area contributed by atoms with Gasteiger partial charge in [-0.1, -0.05) is 48.0 Å². The molecule has 0 aliphatic carbocycles. The second-order valence-corrected chi connectivity index (χ2v) is 10.2. The summed E-state index contributed by atoms with van der Waals surface area (Å²) in [6.07, 6.45) is 2.86. The average molecular weight is 461 g/mol. The Balaban J connectivity index is 1.55. The number of aryl methyl sites for hydroxylation is 1. The molecule has 0 bridgehead atoms. The molecule has 7 heteroatoms. The van der Waals surface area contributed by atoms with Crippen LogP contribution >= 0.6 is 0 Å². The van der Waals surface area contributed by atoms with E-state index in [2.05, 4.69) is 5.32 Å². The number of hydrogen-bond acceptors (Lipinski definition) is 4. The van der Waals surface area contributed by atoms with Crippen molar-refractivity contribution in [2.75, 3.05) is 6.26 Å². The molecule has 168 valence electrons. The monoisotopic (exact) mass is 460 g/mol. The van der Waals surface area contributed by atoms with Gasteiger partial charge in [0.05, 0.1) is 11.4 Å². The second-order valence-electron chi connectivity index (χ2n) is 8.14. The Kier molecular flexibility index (Phi) is 6.16. The molecule has 0 saturated heterocycles. The number of benzene rings is 3. The molecule has 1 N–H and O–H groups in total. The molecule has 0 unspecified atom stereocenters. The van der Waals surface area contributed by atoms with Gasteiger partial charge in [0, 0.05) is 29.9 Å². The first kappa shape index (κ1) is 22.5. The van der Waals surface area contributed by atoms with Crippen molar-refractivity contribution < 1.29 is 13.2 Å². The summed E-state index contributed by atoms with van der Waals surface area (Å²) in [5, 5.41) is 4.09. The van der Waals surface area contributed by atoms with Crippen molar-refractivity contribution >= 4 is 26.5 Å². The van der Waals surface area contributed by atoms with Crippen molar-refractivity contribution in [1.82, 2.24) is 9.88 Å². The zero-order valence-electron chi connectivity index (χ0n) is 18.4. The minimum Gasteiger partial charge on any atom is -0.348 e. The lowest BCUT2D eigenvalue weighted by atomic mass is 10.1. The molecular weight excluding hydrogens is 436 g/mol. The molecule has 4 aromatic rings. The zero-order chi connectivity index (χ0) is 23.6. The predicted octanol–water partition coefficient (Wildman–Crippen LogP) is 3.69. The highest BCUT2D eigenvalue weighted by Gasteiger charge is 2.11. The van der Waals surface area contributed by atoms with E-state index >= 15 is 0 Å². The lowest BCUT2D eigenvalue weighted by Crippen LogP contribution is -2.24. The summed E-state index contributed by atoms with van der Waals surface area (Å²) in [6, 6.07) is 21.3. The molecule has 0 aliphatic heterocycles. The largest absolute Gasteiger partial charge is 0.348 e. The molecule has 0 fully saturated rings. The van der Waals surface area contributed by atoms with Gasteiger partial charge in [0.1, 0.15) is 0 Å². The summed E-state index contributed by atoms with van der Waals surface area (Å²) < 4.78 is 24.8. The van der Waals surface area contributed by atoms with E-state index < -0.39 is 9.84 Å². The van der Waals surface area contributed by atoms with E-state index in [0.717, 1.165) is 28.3 Å². The molecule has 0 atom stereocenters. The number of hydrogen-bond donors (Lipinski definition) is 1. The number of amides is 1. The summed E-state index contributed by atoms with van der Waals surface area (Å²) >= 11 is 0. The Hall–Kier alpha value is -3.71. The number of nitrogens with zero attached hydrogens (tertiary/aromatic N) is 1. The van der Waals surface area contributed by atoms with E-state index in [0.29, 0.717) is 24.0 Å². The molecule has 0 spiro atoms. The van der Waals surface area contributed by atoms with Crippen LogP contribution < -0.4 is 10.9 Å². The first-order valence-corrected chi connectivity index (χ1v) is 12.4. The van der Waals surface area contributed by atoms with E-state index in [9.17, 15) is 18.0 Å². The van der Waals surface area contributed by atoms with Gasteiger partial charge in [-0.15, -0.1) is 0 Å². The van der Waals surface area contributed by atoms with Crippen LogP contribution in [0.5, 0.6) is 0 Å². The molecule has 0 aliphatic rings. The van der Waals surface area contributed by atoms with Crippen molar-refractivity contribution in [3.8, 4) is 0 Å². The quantitative estimate of drug-likeness (QED) is 0.476.